The fourth-order valence-electron chi connectivity index (χ4n) is 1.78. The first kappa shape index (κ1) is 13.3. The number of aromatic amines is 1. The standard InChI is InChI=1S/C12H10N4O4S/c1-7-13-12(15-14-7)16-21(18,19)9-3-4-10-8(6-9)2-5-11(17)20-10/h2-6H,1H3,(H2,13,14,15,16). The highest BCUT2D eigenvalue weighted by Crippen LogP contribution is 2.19. The summed E-state index contributed by atoms with van der Waals surface area (Å²) >= 11 is 0. The second-order valence-corrected chi connectivity index (χ2v) is 5.99. The van der Waals surface area contributed by atoms with Crippen molar-refractivity contribution in [2.24, 2.45) is 0 Å². The number of benzene rings is 1. The molecule has 0 aliphatic rings. The number of sulfonamides is 1. The molecule has 0 radical (unpaired) electrons. The van der Waals surface area contributed by atoms with Crippen LogP contribution in [0.15, 0.2) is 44.4 Å². The van der Waals surface area contributed by atoms with Crippen molar-refractivity contribution in [1.29, 1.82) is 0 Å². The zero-order valence-corrected chi connectivity index (χ0v) is 11.6. The lowest BCUT2D eigenvalue weighted by atomic mass is 10.2. The summed E-state index contributed by atoms with van der Waals surface area (Å²) in [7, 11) is -3.82. The molecule has 8 nitrogen and oxygen atoms in total. The van der Waals surface area contributed by atoms with E-state index >= 15 is 0 Å². The predicted molar refractivity (Wildman–Crippen MR) is 74.4 cm³/mol. The molecule has 3 rings (SSSR count). The number of hydrogen-bond acceptors (Lipinski definition) is 6. The fraction of sp³-hybridized carbons (Fsp3) is 0.0833. The maximum atomic E-state index is 12.2. The smallest absolute Gasteiger partial charge is 0.336 e. The van der Waals surface area contributed by atoms with E-state index in [1.54, 1.807) is 6.92 Å². The molecule has 0 amide bonds. The van der Waals surface area contributed by atoms with Gasteiger partial charge in [-0.2, -0.15) is 4.98 Å². The van der Waals surface area contributed by atoms with Crippen LogP contribution in [0.2, 0.25) is 0 Å². The fourth-order valence-corrected chi connectivity index (χ4v) is 2.76. The summed E-state index contributed by atoms with van der Waals surface area (Å²) in [5.41, 5.74) is -0.178. The normalized spacial score (nSPS) is 11.7. The number of nitrogens with zero attached hydrogens (tertiary/aromatic N) is 2. The monoisotopic (exact) mass is 306 g/mol. The topological polar surface area (TPSA) is 118 Å². The second-order valence-electron chi connectivity index (χ2n) is 4.30. The van der Waals surface area contributed by atoms with Crippen molar-refractivity contribution in [2.45, 2.75) is 11.8 Å². The SMILES string of the molecule is Cc1nc(NS(=O)(=O)c2ccc3oc(=O)ccc3c2)n[nH]1. The Morgan fingerprint density at radius 1 is 1.24 bits per heavy atom. The van der Waals surface area contributed by atoms with Gasteiger partial charge < -0.3 is 4.42 Å². The third kappa shape index (κ3) is 2.63. The van der Waals surface area contributed by atoms with Crippen LogP contribution in [0.5, 0.6) is 0 Å². The number of aryl methyl sites for hydroxylation is 1. The van der Waals surface area contributed by atoms with Gasteiger partial charge >= 0.3 is 5.63 Å². The number of rotatable bonds is 3. The average molecular weight is 306 g/mol. The van der Waals surface area contributed by atoms with Crippen LogP contribution in [0, 0.1) is 6.92 Å². The molecule has 3 aromatic rings. The molecule has 2 heterocycles. The van der Waals surface area contributed by atoms with Crippen molar-refractivity contribution in [3.8, 4) is 0 Å². The van der Waals surface area contributed by atoms with Crippen LogP contribution in [0.25, 0.3) is 11.0 Å². The van der Waals surface area contributed by atoms with Gasteiger partial charge in [0.1, 0.15) is 11.4 Å². The summed E-state index contributed by atoms with van der Waals surface area (Å²) < 4.78 is 31.7. The molecule has 0 bridgehead atoms. The van der Waals surface area contributed by atoms with E-state index in [1.165, 1.54) is 30.3 Å². The van der Waals surface area contributed by atoms with Gasteiger partial charge in [0, 0.05) is 11.5 Å². The molecule has 0 aliphatic carbocycles. The van der Waals surface area contributed by atoms with Gasteiger partial charge in [-0.3, -0.25) is 5.10 Å². The Bertz CT molecular complexity index is 974. The van der Waals surface area contributed by atoms with Crippen molar-refractivity contribution in [3.05, 3.63) is 46.6 Å². The third-order valence-corrected chi connectivity index (χ3v) is 4.05. The second kappa shape index (κ2) is 4.70. The van der Waals surface area contributed by atoms with Crippen molar-refractivity contribution >= 4 is 26.9 Å². The molecule has 0 aliphatic heterocycles. The number of fused-ring (bicyclic) bond motifs is 1. The van der Waals surface area contributed by atoms with E-state index < -0.39 is 15.6 Å². The van der Waals surface area contributed by atoms with E-state index in [4.69, 9.17) is 4.42 Å². The minimum absolute atomic E-state index is 0.0197. The zero-order chi connectivity index (χ0) is 15.0. The largest absolute Gasteiger partial charge is 0.423 e. The number of nitrogens with one attached hydrogen (secondary N) is 2. The maximum absolute atomic E-state index is 12.2. The molecule has 0 saturated carbocycles. The van der Waals surface area contributed by atoms with Gasteiger partial charge in [-0.15, -0.1) is 5.10 Å². The Labute approximate surface area is 118 Å². The molecule has 0 spiro atoms. The van der Waals surface area contributed by atoms with Crippen molar-refractivity contribution in [3.63, 3.8) is 0 Å². The van der Waals surface area contributed by atoms with Gasteiger partial charge in [0.15, 0.2) is 0 Å². The van der Waals surface area contributed by atoms with Crippen LogP contribution in [0.1, 0.15) is 5.82 Å². The molecule has 1 aromatic carbocycles. The first-order valence-corrected chi connectivity index (χ1v) is 7.38. The summed E-state index contributed by atoms with van der Waals surface area (Å²) in [4.78, 5) is 15.0. The van der Waals surface area contributed by atoms with Crippen LogP contribution in [0.4, 0.5) is 5.95 Å². The number of aromatic nitrogens is 3. The lowest BCUT2D eigenvalue weighted by Gasteiger charge is -2.05. The quantitative estimate of drug-likeness (QED) is 0.697. The molecule has 2 aromatic heterocycles. The molecule has 9 heteroatoms. The van der Waals surface area contributed by atoms with E-state index in [1.807, 2.05) is 0 Å². The van der Waals surface area contributed by atoms with E-state index in [2.05, 4.69) is 19.9 Å². The molecule has 0 fully saturated rings. The van der Waals surface area contributed by atoms with Gasteiger partial charge in [-0.25, -0.2) is 17.9 Å². The Morgan fingerprint density at radius 3 is 2.76 bits per heavy atom. The molecule has 108 valence electrons. The summed E-state index contributed by atoms with van der Waals surface area (Å²) in [5.74, 6) is 0.458. The van der Waals surface area contributed by atoms with E-state index in [0.717, 1.165) is 0 Å². The predicted octanol–water partition coefficient (Wildman–Crippen LogP) is 1.02. The molecule has 21 heavy (non-hydrogen) atoms. The summed E-state index contributed by atoms with van der Waals surface area (Å²) in [6.45, 7) is 1.66. The van der Waals surface area contributed by atoms with Crippen molar-refractivity contribution in [2.75, 3.05) is 4.72 Å². The zero-order valence-electron chi connectivity index (χ0n) is 10.8. The van der Waals surface area contributed by atoms with E-state index in [0.29, 0.717) is 16.8 Å². The Morgan fingerprint density at radius 2 is 2.05 bits per heavy atom. The number of hydrogen-bond donors (Lipinski definition) is 2. The first-order valence-electron chi connectivity index (χ1n) is 5.90. The van der Waals surface area contributed by atoms with Crippen LogP contribution in [0.3, 0.4) is 0 Å². The summed E-state index contributed by atoms with van der Waals surface area (Å²) in [6, 6.07) is 6.89. The molecule has 0 saturated heterocycles. The molecule has 2 N–H and O–H groups in total. The molecule has 0 unspecified atom stereocenters. The first-order chi connectivity index (χ1) is 9.94. The Kier molecular flexibility index (Phi) is 2.98. The highest BCUT2D eigenvalue weighted by Gasteiger charge is 2.17. The van der Waals surface area contributed by atoms with Crippen LogP contribution in [-0.2, 0) is 10.0 Å². The average Bonchev–Trinajstić information content (AvgIpc) is 2.82. The van der Waals surface area contributed by atoms with Crippen molar-refractivity contribution < 1.29 is 12.8 Å². The van der Waals surface area contributed by atoms with E-state index in [9.17, 15) is 13.2 Å². The van der Waals surface area contributed by atoms with E-state index in [-0.39, 0.29) is 10.8 Å². The van der Waals surface area contributed by atoms with Gasteiger partial charge in [-0.05, 0) is 31.2 Å². The highest BCUT2D eigenvalue weighted by atomic mass is 32.2. The maximum Gasteiger partial charge on any atom is 0.336 e. The third-order valence-electron chi connectivity index (χ3n) is 2.72. The summed E-state index contributed by atoms with van der Waals surface area (Å²) in [6.07, 6.45) is 0. The van der Waals surface area contributed by atoms with Gasteiger partial charge in [0.25, 0.3) is 16.0 Å². The van der Waals surface area contributed by atoms with Gasteiger partial charge in [0.2, 0.25) is 0 Å². The molecular weight excluding hydrogens is 296 g/mol. The number of H-pyrrole nitrogens is 1. The lowest BCUT2D eigenvalue weighted by molar-refractivity contribution is 0.560. The number of anilines is 1. The molecular formula is C12H10N4O4S. The van der Waals surface area contributed by atoms with Crippen molar-refractivity contribution in [1.82, 2.24) is 15.2 Å². The van der Waals surface area contributed by atoms with Crippen LogP contribution >= 0.6 is 0 Å². The highest BCUT2D eigenvalue weighted by molar-refractivity contribution is 7.92. The lowest BCUT2D eigenvalue weighted by Crippen LogP contribution is -2.14. The Balaban J connectivity index is 2.02. The van der Waals surface area contributed by atoms with Crippen LogP contribution in [-0.4, -0.2) is 23.6 Å². The van der Waals surface area contributed by atoms with Gasteiger partial charge in [-0.1, -0.05) is 0 Å². The Hall–Kier alpha value is -2.68. The molecule has 0 atom stereocenters. The minimum atomic E-state index is -3.82. The minimum Gasteiger partial charge on any atom is -0.423 e. The van der Waals surface area contributed by atoms with Gasteiger partial charge in [0.05, 0.1) is 4.90 Å². The van der Waals surface area contributed by atoms with Crippen LogP contribution < -0.4 is 10.3 Å². The summed E-state index contributed by atoms with van der Waals surface area (Å²) in [5, 5.41) is 6.76.